The van der Waals surface area contributed by atoms with Crippen molar-refractivity contribution >= 4 is 10.0 Å². The smallest absolute Gasteiger partial charge is 0.387 e. The zero-order valence-corrected chi connectivity index (χ0v) is 13.5. The van der Waals surface area contributed by atoms with E-state index in [1.807, 2.05) is 0 Å². The number of aromatic nitrogens is 1. The van der Waals surface area contributed by atoms with Crippen LogP contribution in [0.4, 0.5) is 13.2 Å². The highest BCUT2D eigenvalue weighted by Gasteiger charge is 2.21. The summed E-state index contributed by atoms with van der Waals surface area (Å²) in [7, 11) is -3.69. The third-order valence-corrected chi connectivity index (χ3v) is 4.32. The molecule has 0 atom stereocenters. The minimum absolute atomic E-state index is 0.00310. The number of halogens is 3. The Hall–Kier alpha value is -2.13. The first-order valence-corrected chi connectivity index (χ1v) is 8.69. The molecule has 0 aliphatic carbocycles. The molecule has 0 amide bonds. The largest absolute Gasteiger partial charge is 0.434 e. The molecule has 1 aromatic carbocycles. The van der Waals surface area contributed by atoms with Crippen LogP contribution in [0.1, 0.15) is 11.3 Å². The van der Waals surface area contributed by atoms with Crippen LogP contribution in [0, 0.1) is 5.82 Å². The maximum Gasteiger partial charge on any atom is 0.387 e. The number of alkyl halides is 2. The summed E-state index contributed by atoms with van der Waals surface area (Å²) in [5.41, 5.74) is 0.465. The molecule has 1 aromatic heterocycles. The molecule has 0 radical (unpaired) electrons. The van der Waals surface area contributed by atoms with Gasteiger partial charge in [0.2, 0.25) is 10.0 Å². The van der Waals surface area contributed by atoms with Crippen LogP contribution in [0.5, 0.6) is 5.75 Å². The van der Waals surface area contributed by atoms with Gasteiger partial charge in [-0.15, -0.1) is 0 Å². The summed E-state index contributed by atoms with van der Waals surface area (Å²) < 4.78 is 67.6. The number of ether oxygens (including phenoxy) is 1. The fourth-order valence-corrected chi connectivity index (χ4v) is 2.78. The number of hydrogen-bond donors (Lipinski definition) is 0. The lowest BCUT2D eigenvalue weighted by atomic mass is 10.2. The predicted octanol–water partition coefficient (Wildman–Crippen LogP) is 2.78. The summed E-state index contributed by atoms with van der Waals surface area (Å²) >= 11 is 0. The third kappa shape index (κ3) is 5.20. The van der Waals surface area contributed by atoms with Gasteiger partial charge in [-0.1, -0.05) is 6.07 Å². The minimum Gasteiger partial charge on any atom is -0.434 e. The van der Waals surface area contributed by atoms with E-state index in [9.17, 15) is 21.6 Å². The van der Waals surface area contributed by atoms with E-state index in [1.54, 1.807) is 18.2 Å². The van der Waals surface area contributed by atoms with Gasteiger partial charge in [0.25, 0.3) is 0 Å². The molecule has 0 unspecified atom stereocenters. The first-order chi connectivity index (χ1) is 11.3. The van der Waals surface area contributed by atoms with E-state index in [-0.39, 0.29) is 24.4 Å². The van der Waals surface area contributed by atoms with Crippen LogP contribution in [0.3, 0.4) is 0 Å². The van der Waals surface area contributed by atoms with Crippen molar-refractivity contribution in [3.8, 4) is 5.75 Å². The van der Waals surface area contributed by atoms with Crippen molar-refractivity contribution in [3.63, 3.8) is 0 Å². The highest BCUT2D eigenvalue weighted by Crippen LogP contribution is 2.25. The van der Waals surface area contributed by atoms with Crippen LogP contribution in [-0.2, 0) is 23.1 Å². The van der Waals surface area contributed by atoms with Crippen molar-refractivity contribution in [2.24, 2.45) is 0 Å². The molecule has 0 saturated carbocycles. The van der Waals surface area contributed by atoms with Gasteiger partial charge in [0.05, 0.1) is 18.5 Å². The van der Waals surface area contributed by atoms with Crippen LogP contribution in [-0.4, -0.2) is 30.6 Å². The van der Waals surface area contributed by atoms with Crippen LogP contribution in [0.15, 0.2) is 42.6 Å². The van der Waals surface area contributed by atoms with Crippen molar-refractivity contribution in [2.45, 2.75) is 19.7 Å². The molecular formula is C15H15F3N2O3S. The Morgan fingerprint density at radius 1 is 1.21 bits per heavy atom. The predicted molar refractivity (Wildman–Crippen MR) is 81.4 cm³/mol. The summed E-state index contributed by atoms with van der Waals surface area (Å²) in [4.78, 5) is 4.03. The summed E-state index contributed by atoms with van der Waals surface area (Å²) in [5.74, 6) is -0.959. The summed E-state index contributed by atoms with van der Waals surface area (Å²) in [6, 6.07) is 7.96. The molecule has 0 N–H and O–H groups in total. The van der Waals surface area contributed by atoms with Gasteiger partial charge in [0.1, 0.15) is 11.6 Å². The maximum atomic E-state index is 13.4. The Morgan fingerprint density at radius 3 is 2.54 bits per heavy atom. The first-order valence-electron chi connectivity index (χ1n) is 6.84. The van der Waals surface area contributed by atoms with Gasteiger partial charge in [-0.25, -0.2) is 12.8 Å². The second kappa shape index (κ2) is 7.63. The first kappa shape index (κ1) is 18.2. The summed E-state index contributed by atoms with van der Waals surface area (Å²) in [5, 5.41) is 0. The molecule has 24 heavy (non-hydrogen) atoms. The maximum absolute atomic E-state index is 13.4. The Morgan fingerprint density at radius 2 is 1.96 bits per heavy atom. The highest BCUT2D eigenvalue weighted by molar-refractivity contribution is 7.88. The number of sulfonamides is 1. The Balaban J connectivity index is 2.31. The van der Waals surface area contributed by atoms with E-state index >= 15 is 0 Å². The molecular weight excluding hydrogens is 345 g/mol. The standard InChI is InChI=1S/C15H15F3N2O3S/c1-24(21,22)20(10-13-4-2-3-7-19-13)9-11-8-12(16)5-6-14(11)23-15(17)18/h2-8,15H,9-10H2,1H3. The van der Waals surface area contributed by atoms with E-state index in [2.05, 4.69) is 9.72 Å². The molecule has 5 nitrogen and oxygen atoms in total. The van der Waals surface area contributed by atoms with Crippen molar-refractivity contribution in [1.82, 2.24) is 9.29 Å². The topological polar surface area (TPSA) is 59.5 Å². The molecule has 0 bridgehead atoms. The molecule has 0 saturated heterocycles. The van der Waals surface area contributed by atoms with E-state index in [0.717, 1.165) is 28.8 Å². The third-order valence-electron chi connectivity index (χ3n) is 3.12. The summed E-state index contributed by atoms with van der Waals surface area (Å²) in [6.45, 7) is -3.50. The van der Waals surface area contributed by atoms with Crippen molar-refractivity contribution in [2.75, 3.05) is 6.26 Å². The van der Waals surface area contributed by atoms with Gasteiger partial charge in [-0.3, -0.25) is 4.98 Å². The SMILES string of the molecule is CS(=O)(=O)N(Cc1ccccn1)Cc1cc(F)ccc1OC(F)F. The lowest BCUT2D eigenvalue weighted by molar-refractivity contribution is -0.0506. The van der Waals surface area contributed by atoms with Crippen LogP contribution >= 0.6 is 0 Å². The fourth-order valence-electron chi connectivity index (χ4n) is 2.04. The number of pyridine rings is 1. The lowest BCUT2D eigenvalue weighted by Crippen LogP contribution is -2.29. The Labute approximate surface area is 137 Å². The molecule has 9 heteroatoms. The quantitative estimate of drug-likeness (QED) is 0.762. The second-order valence-corrected chi connectivity index (χ2v) is 6.97. The van der Waals surface area contributed by atoms with Gasteiger partial charge in [0.15, 0.2) is 0 Å². The molecule has 0 aliphatic heterocycles. The van der Waals surface area contributed by atoms with Crippen LogP contribution < -0.4 is 4.74 Å². The van der Waals surface area contributed by atoms with E-state index in [0.29, 0.717) is 5.69 Å². The molecule has 0 spiro atoms. The zero-order valence-electron chi connectivity index (χ0n) is 12.7. The fraction of sp³-hybridized carbons (Fsp3) is 0.267. The second-order valence-electron chi connectivity index (χ2n) is 4.98. The average molecular weight is 360 g/mol. The van der Waals surface area contributed by atoms with Gasteiger partial charge in [0, 0.05) is 18.3 Å². The van der Waals surface area contributed by atoms with Crippen LogP contribution in [0.25, 0.3) is 0 Å². The summed E-state index contributed by atoms with van der Waals surface area (Å²) in [6.07, 6.45) is 2.48. The molecule has 0 aliphatic rings. The Kier molecular flexibility index (Phi) is 5.79. The van der Waals surface area contributed by atoms with Gasteiger partial charge >= 0.3 is 6.61 Å². The lowest BCUT2D eigenvalue weighted by Gasteiger charge is -2.21. The van der Waals surface area contributed by atoms with Crippen molar-refractivity contribution < 1.29 is 26.3 Å². The molecule has 0 fully saturated rings. The Bertz CT molecular complexity index is 786. The molecule has 2 aromatic rings. The molecule has 1 heterocycles. The zero-order chi connectivity index (χ0) is 17.7. The van der Waals surface area contributed by atoms with Crippen molar-refractivity contribution in [1.29, 1.82) is 0 Å². The molecule has 2 rings (SSSR count). The number of benzene rings is 1. The molecule has 130 valence electrons. The minimum atomic E-state index is -3.69. The average Bonchev–Trinajstić information content (AvgIpc) is 2.49. The van der Waals surface area contributed by atoms with Crippen LogP contribution in [0.2, 0.25) is 0 Å². The van der Waals surface area contributed by atoms with Crippen molar-refractivity contribution in [3.05, 3.63) is 59.7 Å². The van der Waals surface area contributed by atoms with E-state index in [1.165, 1.54) is 6.20 Å². The monoisotopic (exact) mass is 360 g/mol. The van der Waals surface area contributed by atoms with E-state index < -0.39 is 22.5 Å². The highest BCUT2D eigenvalue weighted by atomic mass is 32.2. The van der Waals surface area contributed by atoms with Gasteiger partial charge in [-0.2, -0.15) is 13.1 Å². The normalized spacial score (nSPS) is 11.9. The number of rotatable bonds is 7. The van der Waals surface area contributed by atoms with E-state index in [4.69, 9.17) is 0 Å². The number of nitrogens with zero attached hydrogens (tertiary/aromatic N) is 2. The van der Waals surface area contributed by atoms with Gasteiger partial charge in [-0.05, 0) is 30.3 Å². The number of hydrogen-bond acceptors (Lipinski definition) is 4. The van der Waals surface area contributed by atoms with Gasteiger partial charge < -0.3 is 4.74 Å².